The highest BCUT2D eigenvalue weighted by Crippen LogP contribution is 2.23. The van der Waals surface area contributed by atoms with Gasteiger partial charge in [0.05, 0.1) is 29.5 Å². The quantitative estimate of drug-likeness (QED) is 0.277. The molecule has 0 saturated heterocycles. The van der Waals surface area contributed by atoms with Crippen molar-refractivity contribution in [3.8, 4) is 0 Å². The molecule has 192 valence electrons. The number of anilines is 1. The average molecular weight is 533 g/mol. The highest BCUT2D eigenvalue weighted by atomic mass is 32.2. The van der Waals surface area contributed by atoms with Crippen molar-refractivity contribution in [3.05, 3.63) is 81.8 Å². The first kappa shape index (κ1) is 27.1. The average Bonchev–Trinajstić information content (AvgIpc) is 3.33. The number of carbonyl (C=O) groups is 2. The van der Waals surface area contributed by atoms with Crippen LogP contribution in [0.1, 0.15) is 34.8 Å². The summed E-state index contributed by atoms with van der Waals surface area (Å²) in [5.41, 5.74) is 2.55. The van der Waals surface area contributed by atoms with Gasteiger partial charge in [0.25, 0.3) is 0 Å². The number of nitrogens with zero attached hydrogens (tertiary/aromatic N) is 1. The molecule has 0 radical (unpaired) electrons. The maximum atomic E-state index is 13.3. The van der Waals surface area contributed by atoms with Gasteiger partial charge in [-0.05, 0) is 36.1 Å². The topological polar surface area (TPSA) is 147 Å². The first-order valence-electron chi connectivity index (χ1n) is 11.1. The number of thiazole rings is 1. The van der Waals surface area contributed by atoms with E-state index in [0.717, 1.165) is 22.6 Å². The van der Waals surface area contributed by atoms with Crippen molar-refractivity contribution < 1.29 is 27.3 Å². The van der Waals surface area contributed by atoms with Gasteiger partial charge in [-0.1, -0.05) is 49.4 Å². The monoisotopic (exact) mass is 532 g/mol. The van der Waals surface area contributed by atoms with Crippen molar-refractivity contribution in [1.29, 1.82) is 0 Å². The summed E-state index contributed by atoms with van der Waals surface area (Å²) in [6.45, 7) is 1.99. The van der Waals surface area contributed by atoms with Gasteiger partial charge in [0, 0.05) is 11.8 Å². The van der Waals surface area contributed by atoms with E-state index in [0.29, 0.717) is 12.1 Å². The van der Waals surface area contributed by atoms with E-state index in [4.69, 9.17) is 9.29 Å². The lowest BCUT2D eigenvalue weighted by molar-refractivity contribution is -0.123. The third-order valence-electron chi connectivity index (χ3n) is 5.26. The maximum absolute atomic E-state index is 13.3. The van der Waals surface area contributed by atoms with Crippen LogP contribution in [0, 0.1) is 0 Å². The molecule has 0 bridgehead atoms. The zero-order chi connectivity index (χ0) is 26.1. The zero-order valence-corrected chi connectivity index (χ0v) is 21.4. The van der Waals surface area contributed by atoms with Gasteiger partial charge in [-0.3, -0.25) is 14.1 Å². The van der Waals surface area contributed by atoms with E-state index in [9.17, 15) is 18.0 Å². The molecule has 0 aliphatic heterocycles. The van der Waals surface area contributed by atoms with Crippen LogP contribution in [0.15, 0.2) is 60.0 Å². The summed E-state index contributed by atoms with van der Waals surface area (Å²) in [5.74, 6) is -0.398. The largest absolute Gasteiger partial charge is 0.453 e. The summed E-state index contributed by atoms with van der Waals surface area (Å²) in [7, 11) is -3.15. The minimum absolute atomic E-state index is 0.203. The standard InChI is InChI=1S/C24H28N4O6S2/c1-3-22-25-21(15-35-22)19(13-17-9-11-18(12-10-17)28-36(31,32)33)26-23(29)20(27-24(30)34-2)14-16-7-5-4-6-8-16/h4-12,15,19-20,28H,3,13-14H2,1-2H3,(H,26,29)(H,27,30)(H,31,32,33)/t19-,20?/m0/s1. The predicted molar refractivity (Wildman–Crippen MR) is 137 cm³/mol. The van der Waals surface area contributed by atoms with Crippen LogP contribution in [-0.2, 0) is 39.1 Å². The maximum Gasteiger partial charge on any atom is 0.407 e. The molecule has 1 unspecified atom stereocenters. The molecule has 12 heteroatoms. The van der Waals surface area contributed by atoms with Crippen molar-refractivity contribution in [2.24, 2.45) is 0 Å². The minimum Gasteiger partial charge on any atom is -0.453 e. The summed E-state index contributed by atoms with van der Waals surface area (Å²) < 4.78 is 37.8. The molecule has 1 aromatic heterocycles. The second kappa shape index (κ2) is 12.5. The Bertz CT molecular complexity index is 1260. The van der Waals surface area contributed by atoms with E-state index >= 15 is 0 Å². The minimum atomic E-state index is -4.38. The lowest BCUT2D eigenvalue weighted by Crippen LogP contribution is -2.49. The van der Waals surface area contributed by atoms with E-state index < -0.39 is 34.4 Å². The van der Waals surface area contributed by atoms with Crippen molar-refractivity contribution in [3.63, 3.8) is 0 Å². The number of hydrogen-bond donors (Lipinski definition) is 4. The van der Waals surface area contributed by atoms with Crippen LogP contribution in [0.5, 0.6) is 0 Å². The molecule has 0 saturated carbocycles. The number of methoxy groups -OCH3 is 1. The number of carbonyl (C=O) groups excluding carboxylic acids is 2. The molecule has 0 spiro atoms. The van der Waals surface area contributed by atoms with Gasteiger partial charge in [0.1, 0.15) is 6.04 Å². The summed E-state index contributed by atoms with van der Waals surface area (Å²) in [5, 5.41) is 8.42. The number of nitrogens with one attached hydrogen (secondary N) is 3. The Kier molecular flexibility index (Phi) is 9.39. The zero-order valence-electron chi connectivity index (χ0n) is 19.8. The molecule has 0 aliphatic carbocycles. The molecular formula is C24H28N4O6S2. The number of ether oxygens (including phenoxy) is 1. The van der Waals surface area contributed by atoms with Crippen LogP contribution in [0.4, 0.5) is 10.5 Å². The van der Waals surface area contributed by atoms with Gasteiger partial charge in [-0.25, -0.2) is 9.78 Å². The molecule has 4 N–H and O–H groups in total. The van der Waals surface area contributed by atoms with Crippen LogP contribution in [0.2, 0.25) is 0 Å². The lowest BCUT2D eigenvalue weighted by atomic mass is 10.0. The van der Waals surface area contributed by atoms with E-state index in [1.807, 2.05) is 47.4 Å². The molecule has 0 fully saturated rings. The van der Waals surface area contributed by atoms with E-state index in [-0.39, 0.29) is 12.1 Å². The SMILES string of the molecule is CCc1nc([C@H](Cc2ccc(NS(=O)(=O)O)cc2)NC(=O)C(Cc2ccccc2)NC(=O)OC)cs1. The van der Waals surface area contributed by atoms with E-state index in [1.54, 1.807) is 12.1 Å². The van der Waals surface area contributed by atoms with Gasteiger partial charge in [-0.15, -0.1) is 11.3 Å². The fraction of sp³-hybridized carbons (Fsp3) is 0.292. The van der Waals surface area contributed by atoms with Gasteiger partial charge >= 0.3 is 16.4 Å². The number of benzene rings is 2. The molecule has 0 aliphatic rings. The second-order valence-electron chi connectivity index (χ2n) is 7.94. The Morgan fingerprint density at radius 3 is 2.28 bits per heavy atom. The normalized spacial score (nSPS) is 12.9. The summed E-state index contributed by atoms with van der Waals surface area (Å²) in [6, 6.07) is 14.3. The Labute approximate surface area is 214 Å². The number of hydrogen-bond acceptors (Lipinski definition) is 7. The Hall–Kier alpha value is -3.48. The van der Waals surface area contributed by atoms with Crippen LogP contribution in [-0.4, -0.2) is 43.1 Å². The predicted octanol–water partition coefficient (Wildman–Crippen LogP) is 3.29. The van der Waals surface area contributed by atoms with Crippen LogP contribution in [0.25, 0.3) is 0 Å². The van der Waals surface area contributed by atoms with Crippen molar-refractivity contribution in [2.45, 2.75) is 38.3 Å². The third kappa shape index (κ3) is 8.33. The Morgan fingerprint density at radius 2 is 1.69 bits per heavy atom. The van der Waals surface area contributed by atoms with Gasteiger partial charge in [0.15, 0.2) is 0 Å². The number of amides is 2. The van der Waals surface area contributed by atoms with Gasteiger partial charge in [-0.2, -0.15) is 8.42 Å². The number of alkyl carbamates (subject to hydrolysis) is 1. The molecule has 2 amide bonds. The second-order valence-corrected chi connectivity index (χ2v) is 10.0. The molecule has 2 atom stereocenters. The molecule has 3 rings (SSSR count). The van der Waals surface area contributed by atoms with Crippen molar-refractivity contribution >= 4 is 39.3 Å². The lowest BCUT2D eigenvalue weighted by Gasteiger charge is -2.23. The fourth-order valence-corrected chi connectivity index (χ4v) is 4.74. The van der Waals surface area contributed by atoms with Gasteiger partial charge in [0.2, 0.25) is 5.91 Å². The van der Waals surface area contributed by atoms with Crippen LogP contribution >= 0.6 is 11.3 Å². The first-order chi connectivity index (χ1) is 17.2. The number of aromatic nitrogens is 1. The molecular weight excluding hydrogens is 504 g/mol. The first-order valence-corrected chi connectivity index (χ1v) is 13.5. The molecule has 3 aromatic rings. The molecule has 36 heavy (non-hydrogen) atoms. The Morgan fingerprint density at radius 1 is 1.03 bits per heavy atom. The van der Waals surface area contributed by atoms with Crippen LogP contribution in [0.3, 0.4) is 0 Å². The van der Waals surface area contributed by atoms with Crippen molar-refractivity contribution in [1.82, 2.24) is 15.6 Å². The molecule has 10 nitrogen and oxygen atoms in total. The summed E-state index contributed by atoms with van der Waals surface area (Å²) in [6.07, 6.45) is 0.663. The number of aryl methyl sites for hydroxylation is 1. The van der Waals surface area contributed by atoms with Gasteiger partial charge < -0.3 is 15.4 Å². The fourth-order valence-electron chi connectivity index (χ4n) is 3.50. The summed E-state index contributed by atoms with van der Waals surface area (Å²) in [4.78, 5) is 29.9. The Balaban J connectivity index is 1.82. The molecule has 2 aromatic carbocycles. The van der Waals surface area contributed by atoms with E-state index in [2.05, 4.69) is 15.6 Å². The van der Waals surface area contributed by atoms with Crippen molar-refractivity contribution in [2.75, 3.05) is 11.8 Å². The molecule has 1 heterocycles. The third-order valence-corrected chi connectivity index (χ3v) is 6.77. The van der Waals surface area contributed by atoms with Crippen LogP contribution < -0.4 is 15.4 Å². The number of rotatable bonds is 11. The highest BCUT2D eigenvalue weighted by Gasteiger charge is 2.26. The van der Waals surface area contributed by atoms with E-state index in [1.165, 1.54) is 30.6 Å². The summed E-state index contributed by atoms with van der Waals surface area (Å²) >= 11 is 1.49. The highest BCUT2D eigenvalue weighted by molar-refractivity contribution is 7.87. The smallest absolute Gasteiger partial charge is 0.407 e.